The van der Waals surface area contributed by atoms with Crippen LogP contribution in [0.4, 0.5) is 8.78 Å². The fourth-order valence-electron chi connectivity index (χ4n) is 3.17. The van der Waals surface area contributed by atoms with Crippen LogP contribution in [0.25, 0.3) is 10.8 Å². The van der Waals surface area contributed by atoms with Crippen LogP contribution < -0.4 is 0 Å². The maximum Gasteiger partial charge on any atom is 0.139 e. The third-order valence-corrected chi connectivity index (χ3v) is 4.82. The van der Waals surface area contributed by atoms with E-state index in [1.807, 2.05) is 49.5 Å². The molecule has 3 aromatic carbocycles. The van der Waals surface area contributed by atoms with E-state index in [0.717, 1.165) is 46.0 Å². The Bertz CT molecular complexity index is 1230. The Morgan fingerprint density at radius 2 is 1.62 bits per heavy atom. The molecule has 0 unspecified atom stereocenters. The van der Waals surface area contributed by atoms with Crippen molar-refractivity contribution < 1.29 is 8.78 Å². The molecule has 0 radical (unpaired) electrons. The van der Waals surface area contributed by atoms with Crippen LogP contribution in [0, 0.1) is 30.4 Å². The van der Waals surface area contributed by atoms with Gasteiger partial charge in [-0.3, -0.25) is 4.98 Å². The lowest BCUT2D eigenvalue weighted by atomic mass is 10.0. The SMILES string of the molecule is Cc1ccc(CCc2ccc(C#Cc3ccc4cc(F)ccc4c3)c(F)c2)nc1. The van der Waals surface area contributed by atoms with Crippen molar-refractivity contribution in [3.63, 3.8) is 0 Å². The summed E-state index contributed by atoms with van der Waals surface area (Å²) >= 11 is 0. The zero-order valence-corrected chi connectivity index (χ0v) is 16.0. The number of aryl methyl sites for hydroxylation is 3. The Kier molecular flexibility index (Phi) is 5.35. The van der Waals surface area contributed by atoms with Crippen LogP contribution >= 0.6 is 0 Å². The zero-order valence-electron chi connectivity index (χ0n) is 16.0. The van der Waals surface area contributed by atoms with Gasteiger partial charge in [-0.25, -0.2) is 8.78 Å². The lowest BCUT2D eigenvalue weighted by Crippen LogP contribution is -1.96. The second kappa shape index (κ2) is 8.24. The molecule has 0 N–H and O–H groups in total. The Morgan fingerprint density at radius 1 is 0.793 bits per heavy atom. The second-order valence-corrected chi connectivity index (χ2v) is 7.10. The van der Waals surface area contributed by atoms with E-state index in [0.29, 0.717) is 5.56 Å². The number of hydrogen-bond donors (Lipinski definition) is 0. The van der Waals surface area contributed by atoms with E-state index in [-0.39, 0.29) is 11.6 Å². The van der Waals surface area contributed by atoms with Crippen LogP contribution in [-0.2, 0) is 12.8 Å². The molecule has 1 nitrogen and oxygen atoms in total. The summed E-state index contributed by atoms with van der Waals surface area (Å²) in [7, 11) is 0. The first-order valence-electron chi connectivity index (χ1n) is 9.48. The highest BCUT2D eigenvalue weighted by molar-refractivity contribution is 5.84. The highest BCUT2D eigenvalue weighted by Crippen LogP contribution is 2.17. The van der Waals surface area contributed by atoms with Crippen molar-refractivity contribution in [2.24, 2.45) is 0 Å². The van der Waals surface area contributed by atoms with E-state index in [4.69, 9.17) is 0 Å². The van der Waals surface area contributed by atoms with Gasteiger partial charge in [0, 0.05) is 17.5 Å². The molecular formula is C26H19F2N. The van der Waals surface area contributed by atoms with Crippen LogP contribution in [0.2, 0.25) is 0 Å². The number of benzene rings is 3. The second-order valence-electron chi connectivity index (χ2n) is 7.10. The van der Waals surface area contributed by atoms with E-state index >= 15 is 0 Å². The maximum atomic E-state index is 14.5. The molecule has 0 fully saturated rings. The summed E-state index contributed by atoms with van der Waals surface area (Å²) in [6.07, 6.45) is 3.34. The summed E-state index contributed by atoms with van der Waals surface area (Å²) in [6, 6.07) is 19.3. The van der Waals surface area contributed by atoms with Crippen LogP contribution in [-0.4, -0.2) is 4.98 Å². The molecule has 1 heterocycles. The molecule has 0 atom stereocenters. The zero-order chi connectivity index (χ0) is 20.2. The fraction of sp³-hybridized carbons (Fsp3) is 0.115. The average Bonchev–Trinajstić information content (AvgIpc) is 2.72. The van der Waals surface area contributed by atoms with E-state index in [2.05, 4.69) is 16.8 Å². The van der Waals surface area contributed by atoms with E-state index in [1.165, 1.54) is 12.1 Å². The van der Waals surface area contributed by atoms with Crippen molar-refractivity contribution in [2.75, 3.05) is 0 Å². The van der Waals surface area contributed by atoms with Crippen molar-refractivity contribution in [1.82, 2.24) is 4.98 Å². The molecular weight excluding hydrogens is 364 g/mol. The van der Waals surface area contributed by atoms with Crippen molar-refractivity contribution in [3.8, 4) is 11.8 Å². The number of nitrogens with zero attached hydrogens (tertiary/aromatic N) is 1. The number of rotatable bonds is 3. The Morgan fingerprint density at radius 3 is 2.41 bits per heavy atom. The molecule has 3 heteroatoms. The van der Waals surface area contributed by atoms with Crippen molar-refractivity contribution >= 4 is 10.8 Å². The molecule has 0 bridgehead atoms. The third-order valence-electron chi connectivity index (χ3n) is 4.82. The minimum absolute atomic E-state index is 0.267. The molecule has 0 aliphatic heterocycles. The van der Waals surface area contributed by atoms with Gasteiger partial charge in [-0.05, 0) is 84.1 Å². The molecule has 0 amide bonds. The monoisotopic (exact) mass is 383 g/mol. The highest BCUT2D eigenvalue weighted by atomic mass is 19.1. The molecule has 0 aliphatic carbocycles. The third kappa shape index (κ3) is 4.67. The molecule has 29 heavy (non-hydrogen) atoms. The smallest absolute Gasteiger partial charge is 0.139 e. The largest absolute Gasteiger partial charge is 0.261 e. The topological polar surface area (TPSA) is 12.9 Å². The summed E-state index contributed by atoms with van der Waals surface area (Å²) in [6.45, 7) is 2.00. The van der Waals surface area contributed by atoms with Gasteiger partial charge in [0.2, 0.25) is 0 Å². The quantitative estimate of drug-likeness (QED) is 0.395. The van der Waals surface area contributed by atoms with E-state index in [9.17, 15) is 8.78 Å². The number of halogens is 2. The first-order valence-corrected chi connectivity index (χ1v) is 9.48. The summed E-state index contributed by atoms with van der Waals surface area (Å²) in [5.74, 6) is 5.31. The minimum atomic E-state index is -0.324. The molecule has 4 aromatic rings. The van der Waals surface area contributed by atoms with Gasteiger partial charge in [-0.2, -0.15) is 0 Å². The van der Waals surface area contributed by atoms with Gasteiger partial charge in [0.1, 0.15) is 11.6 Å². The number of aromatic nitrogens is 1. The number of pyridine rings is 1. The minimum Gasteiger partial charge on any atom is -0.261 e. The molecule has 0 spiro atoms. The molecule has 4 rings (SSSR count). The molecule has 0 aliphatic rings. The van der Waals surface area contributed by atoms with Crippen LogP contribution in [0.5, 0.6) is 0 Å². The first kappa shape index (κ1) is 18.8. The Hall–Kier alpha value is -3.51. The van der Waals surface area contributed by atoms with Gasteiger partial charge in [-0.15, -0.1) is 0 Å². The predicted molar refractivity (Wildman–Crippen MR) is 113 cm³/mol. The van der Waals surface area contributed by atoms with Crippen molar-refractivity contribution in [1.29, 1.82) is 0 Å². The van der Waals surface area contributed by atoms with Crippen LogP contribution in [0.15, 0.2) is 72.9 Å². The van der Waals surface area contributed by atoms with Gasteiger partial charge in [0.25, 0.3) is 0 Å². The van der Waals surface area contributed by atoms with Gasteiger partial charge >= 0.3 is 0 Å². The maximum absolute atomic E-state index is 14.5. The normalized spacial score (nSPS) is 10.6. The van der Waals surface area contributed by atoms with Gasteiger partial charge in [0.05, 0.1) is 5.56 Å². The Labute approximate surface area is 169 Å². The first-order chi connectivity index (χ1) is 14.1. The summed E-state index contributed by atoms with van der Waals surface area (Å²) in [4.78, 5) is 4.39. The standard InChI is InChI=1S/C26H19F2N/c1-18-2-12-25(29-17-18)13-6-20-4-8-21(26(28)15-20)7-3-19-5-9-23-16-24(27)11-10-22(23)14-19/h2,4-5,8-12,14-17H,6,13H2,1H3. The molecule has 142 valence electrons. The van der Waals surface area contributed by atoms with Crippen molar-refractivity contribution in [3.05, 3.63) is 113 Å². The van der Waals surface area contributed by atoms with E-state index < -0.39 is 0 Å². The number of fused-ring (bicyclic) bond motifs is 1. The molecule has 1 aromatic heterocycles. The molecule has 0 saturated heterocycles. The van der Waals surface area contributed by atoms with Gasteiger partial charge in [0.15, 0.2) is 0 Å². The van der Waals surface area contributed by atoms with Gasteiger partial charge < -0.3 is 0 Å². The van der Waals surface area contributed by atoms with Crippen LogP contribution in [0.3, 0.4) is 0 Å². The fourth-order valence-corrected chi connectivity index (χ4v) is 3.17. The van der Waals surface area contributed by atoms with Crippen molar-refractivity contribution in [2.45, 2.75) is 19.8 Å². The number of hydrogen-bond acceptors (Lipinski definition) is 1. The average molecular weight is 383 g/mol. The van der Waals surface area contributed by atoms with Gasteiger partial charge in [-0.1, -0.05) is 36.1 Å². The lowest BCUT2D eigenvalue weighted by Gasteiger charge is -2.04. The lowest BCUT2D eigenvalue weighted by molar-refractivity contribution is 0.621. The predicted octanol–water partition coefficient (Wildman–Crippen LogP) is 6.01. The van der Waals surface area contributed by atoms with Crippen LogP contribution in [0.1, 0.15) is 27.9 Å². The summed E-state index contributed by atoms with van der Waals surface area (Å²) in [5, 5.41) is 1.72. The highest BCUT2D eigenvalue weighted by Gasteiger charge is 2.03. The molecule has 0 saturated carbocycles. The summed E-state index contributed by atoms with van der Waals surface area (Å²) < 4.78 is 27.7. The summed E-state index contributed by atoms with van der Waals surface area (Å²) in [5.41, 5.74) is 4.17. The Balaban J connectivity index is 1.48. The van der Waals surface area contributed by atoms with E-state index in [1.54, 1.807) is 18.2 Å².